The lowest BCUT2D eigenvalue weighted by atomic mass is 10.2. The average Bonchev–Trinajstić information content (AvgIpc) is 2.97. The van der Waals surface area contributed by atoms with Crippen LogP contribution >= 0.6 is 0 Å². The van der Waals surface area contributed by atoms with E-state index in [2.05, 4.69) is 10.4 Å². The second-order valence-electron chi connectivity index (χ2n) is 5.15. The number of nitrogens with one attached hydrogen (secondary N) is 1. The molecule has 5 nitrogen and oxygen atoms in total. The van der Waals surface area contributed by atoms with E-state index >= 15 is 0 Å². The fraction of sp³-hybridized carbons (Fsp3) is 0.0556. The van der Waals surface area contributed by atoms with Gasteiger partial charge >= 0.3 is 0 Å². The number of aromatic nitrogens is 2. The van der Waals surface area contributed by atoms with Crippen LogP contribution in [0, 0.1) is 24.1 Å². The van der Waals surface area contributed by atoms with Gasteiger partial charge in [0.2, 0.25) is 0 Å². The van der Waals surface area contributed by atoms with E-state index in [1.165, 1.54) is 16.9 Å². The second-order valence-corrected chi connectivity index (χ2v) is 5.15. The summed E-state index contributed by atoms with van der Waals surface area (Å²) >= 11 is 0. The third-order valence-electron chi connectivity index (χ3n) is 3.61. The Morgan fingerprint density at radius 3 is 2.58 bits per heavy atom. The number of nitriles is 1. The van der Waals surface area contributed by atoms with Crippen LogP contribution < -0.4 is 5.32 Å². The SMILES string of the molecule is Cc1c(C(=O)Nc2ccc(C#N)cc2)cnn1-c1ccccc1F. The normalized spacial score (nSPS) is 10.2. The minimum absolute atomic E-state index is 0.285. The molecular formula is C18H13FN4O. The first-order valence-electron chi connectivity index (χ1n) is 7.21. The summed E-state index contributed by atoms with van der Waals surface area (Å²) in [6.45, 7) is 1.70. The van der Waals surface area contributed by atoms with Crippen molar-refractivity contribution >= 4 is 11.6 Å². The van der Waals surface area contributed by atoms with Crippen LogP contribution in [-0.2, 0) is 0 Å². The molecule has 0 unspecified atom stereocenters. The molecule has 2 aromatic carbocycles. The quantitative estimate of drug-likeness (QED) is 0.803. The standard InChI is InChI=1S/C18H13FN4O/c1-12-15(11-21-23(12)17-5-3-2-4-16(17)19)18(24)22-14-8-6-13(10-20)7-9-14/h2-9,11H,1H3,(H,22,24). The zero-order valence-corrected chi connectivity index (χ0v) is 12.8. The number of anilines is 1. The minimum Gasteiger partial charge on any atom is -0.322 e. The van der Waals surface area contributed by atoms with E-state index < -0.39 is 5.82 Å². The number of hydrogen-bond donors (Lipinski definition) is 1. The Morgan fingerprint density at radius 2 is 1.92 bits per heavy atom. The molecule has 0 radical (unpaired) electrons. The summed E-state index contributed by atoms with van der Waals surface area (Å²) in [7, 11) is 0. The van der Waals surface area contributed by atoms with E-state index in [0.29, 0.717) is 22.5 Å². The number of para-hydroxylation sites is 1. The molecule has 3 aromatic rings. The summed E-state index contributed by atoms with van der Waals surface area (Å²) in [6.07, 6.45) is 1.40. The highest BCUT2D eigenvalue weighted by Gasteiger charge is 2.16. The maximum atomic E-state index is 13.9. The van der Waals surface area contributed by atoms with Crippen molar-refractivity contribution in [2.24, 2.45) is 0 Å². The first-order valence-corrected chi connectivity index (χ1v) is 7.21. The van der Waals surface area contributed by atoms with E-state index in [0.717, 1.165) is 0 Å². The van der Waals surface area contributed by atoms with E-state index in [-0.39, 0.29) is 11.6 Å². The number of halogens is 1. The fourth-order valence-electron chi connectivity index (χ4n) is 2.33. The molecule has 0 saturated carbocycles. The van der Waals surface area contributed by atoms with Gasteiger partial charge in [0.25, 0.3) is 5.91 Å². The topological polar surface area (TPSA) is 70.7 Å². The maximum Gasteiger partial charge on any atom is 0.259 e. The van der Waals surface area contributed by atoms with Gasteiger partial charge in [0.15, 0.2) is 0 Å². The van der Waals surface area contributed by atoms with Crippen LogP contribution in [0.2, 0.25) is 0 Å². The third-order valence-corrected chi connectivity index (χ3v) is 3.61. The highest BCUT2D eigenvalue weighted by Crippen LogP contribution is 2.18. The summed E-state index contributed by atoms with van der Waals surface area (Å²) in [5.74, 6) is -0.762. The highest BCUT2D eigenvalue weighted by atomic mass is 19.1. The Balaban J connectivity index is 1.86. The van der Waals surface area contributed by atoms with Gasteiger partial charge in [-0.05, 0) is 43.3 Å². The van der Waals surface area contributed by atoms with Crippen molar-refractivity contribution in [3.8, 4) is 11.8 Å². The largest absolute Gasteiger partial charge is 0.322 e. The van der Waals surface area contributed by atoms with Gasteiger partial charge in [-0.1, -0.05) is 12.1 Å². The van der Waals surface area contributed by atoms with Crippen molar-refractivity contribution in [1.82, 2.24) is 9.78 Å². The van der Waals surface area contributed by atoms with Crippen molar-refractivity contribution in [1.29, 1.82) is 5.26 Å². The van der Waals surface area contributed by atoms with Crippen molar-refractivity contribution in [2.75, 3.05) is 5.32 Å². The first-order chi connectivity index (χ1) is 11.6. The van der Waals surface area contributed by atoms with Crippen LogP contribution in [0.5, 0.6) is 0 Å². The van der Waals surface area contributed by atoms with Gasteiger partial charge in [-0.15, -0.1) is 0 Å². The molecule has 0 aliphatic heterocycles. The van der Waals surface area contributed by atoms with Crippen LogP contribution in [0.25, 0.3) is 5.69 Å². The van der Waals surface area contributed by atoms with Gasteiger partial charge in [-0.3, -0.25) is 4.79 Å². The molecule has 3 rings (SSSR count). The molecule has 0 aliphatic rings. The number of hydrogen-bond acceptors (Lipinski definition) is 3. The smallest absolute Gasteiger partial charge is 0.259 e. The van der Waals surface area contributed by atoms with E-state index in [4.69, 9.17) is 5.26 Å². The summed E-state index contributed by atoms with van der Waals surface area (Å²) in [5.41, 5.74) is 2.25. The van der Waals surface area contributed by atoms with Crippen LogP contribution in [0.3, 0.4) is 0 Å². The molecule has 0 saturated heterocycles. The molecule has 118 valence electrons. The molecule has 0 bridgehead atoms. The number of rotatable bonds is 3. The van der Waals surface area contributed by atoms with Crippen molar-refractivity contribution in [3.63, 3.8) is 0 Å². The molecular weight excluding hydrogens is 307 g/mol. The lowest BCUT2D eigenvalue weighted by molar-refractivity contribution is 0.102. The molecule has 0 fully saturated rings. The second kappa shape index (κ2) is 6.34. The van der Waals surface area contributed by atoms with Crippen LogP contribution in [0.15, 0.2) is 54.7 Å². The van der Waals surface area contributed by atoms with Crippen molar-refractivity contribution in [2.45, 2.75) is 6.92 Å². The number of carbonyl (C=O) groups excluding carboxylic acids is 1. The van der Waals surface area contributed by atoms with Gasteiger partial charge in [0.05, 0.1) is 29.1 Å². The predicted molar refractivity (Wildman–Crippen MR) is 87.4 cm³/mol. The summed E-state index contributed by atoms with van der Waals surface area (Å²) in [5, 5.41) is 15.6. The van der Waals surface area contributed by atoms with E-state index in [1.54, 1.807) is 49.4 Å². The Kier molecular flexibility index (Phi) is 4.08. The first kappa shape index (κ1) is 15.4. The zero-order chi connectivity index (χ0) is 17.1. The van der Waals surface area contributed by atoms with Gasteiger partial charge < -0.3 is 5.32 Å². The Bertz CT molecular complexity index is 938. The number of benzene rings is 2. The summed E-state index contributed by atoms with van der Waals surface area (Å²) in [6, 6.07) is 14.8. The molecule has 1 N–H and O–H groups in total. The Hall–Kier alpha value is -3.46. The molecule has 1 aromatic heterocycles. The highest BCUT2D eigenvalue weighted by molar-refractivity contribution is 6.05. The number of carbonyl (C=O) groups is 1. The minimum atomic E-state index is -0.414. The van der Waals surface area contributed by atoms with Gasteiger partial charge in [0.1, 0.15) is 11.5 Å². The van der Waals surface area contributed by atoms with Crippen molar-refractivity contribution < 1.29 is 9.18 Å². The lowest BCUT2D eigenvalue weighted by Crippen LogP contribution is -2.13. The molecule has 1 amide bonds. The Labute approximate surface area is 138 Å². The average molecular weight is 320 g/mol. The van der Waals surface area contributed by atoms with Crippen LogP contribution in [0.4, 0.5) is 10.1 Å². The van der Waals surface area contributed by atoms with Crippen LogP contribution in [-0.4, -0.2) is 15.7 Å². The molecule has 24 heavy (non-hydrogen) atoms. The van der Waals surface area contributed by atoms with Crippen molar-refractivity contribution in [3.05, 3.63) is 77.4 Å². The summed E-state index contributed by atoms with van der Waals surface area (Å²) < 4.78 is 15.3. The monoisotopic (exact) mass is 320 g/mol. The zero-order valence-electron chi connectivity index (χ0n) is 12.8. The number of nitrogens with zero attached hydrogens (tertiary/aromatic N) is 3. The molecule has 0 spiro atoms. The lowest BCUT2D eigenvalue weighted by Gasteiger charge is -2.07. The molecule has 6 heteroatoms. The molecule has 1 heterocycles. The third kappa shape index (κ3) is 2.88. The Morgan fingerprint density at radius 1 is 1.21 bits per heavy atom. The van der Waals surface area contributed by atoms with Crippen LogP contribution in [0.1, 0.15) is 21.6 Å². The van der Waals surface area contributed by atoms with Gasteiger partial charge in [-0.2, -0.15) is 10.4 Å². The van der Waals surface area contributed by atoms with Gasteiger partial charge in [-0.25, -0.2) is 9.07 Å². The molecule has 0 atom stereocenters. The van der Waals surface area contributed by atoms with E-state index in [9.17, 15) is 9.18 Å². The molecule has 0 aliphatic carbocycles. The number of amides is 1. The van der Waals surface area contributed by atoms with E-state index in [1.807, 2.05) is 6.07 Å². The fourth-order valence-corrected chi connectivity index (χ4v) is 2.33. The summed E-state index contributed by atoms with van der Waals surface area (Å²) in [4.78, 5) is 12.4. The predicted octanol–water partition coefficient (Wildman–Crippen LogP) is 3.44. The maximum absolute atomic E-state index is 13.9. The van der Waals surface area contributed by atoms with Gasteiger partial charge in [0, 0.05) is 5.69 Å².